The van der Waals surface area contributed by atoms with Gasteiger partial charge in [-0.25, -0.2) is 0 Å². The molecule has 0 N–H and O–H groups in total. The fourth-order valence-corrected chi connectivity index (χ4v) is 3.30. The molecule has 0 unspecified atom stereocenters. The van der Waals surface area contributed by atoms with Crippen molar-refractivity contribution in [3.8, 4) is 11.1 Å². The van der Waals surface area contributed by atoms with Crippen LogP contribution in [0.2, 0.25) is 0 Å². The van der Waals surface area contributed by atoms with E-state index in [1.165, 1.54) is 44.1 Å². The third-order valence-corrected chi connectivity index (χ3v) is 4.91. The number of thioether (sulfide) groups is 1. The molecule has 2 rings (SSSR count). The molecule has 0 spiro atoms. The highest BCUT2D eigenvalue weighted by Crippen LogP contribution is 2.28. The van der Waals surface area contributed by atoms with Crippen molar-refractivity contribution in [1.29, 1.82) is 0 Å². The summed E-state index contributed by atoms with van der Waals surface area (Å²) < 4.78 is 24.7. The van der Waals surface area contributed by atoms with Gasteiger partial charge >= 0.3 is 0 Å². The number of unbranched alkanes of at least 4 members (excludes halogenated alkanes) is 5. The van der Waals surface area contributed by atoms with E-state index >= 15 is 0 Å². The molecule has 2 aromatic carbocycles. The van der Waals surface area contributed by atoms with E-state index in [4.69, 9.17) is 0 Å². The number of benzene rings is 2. The van der Waals surface area contributed by atoms with Gasteiger partial charge in [-0.2, -0.15) is 8.78 Å². The Morgan fingerprint density at radius 3 is 1.88 bits per heavy atom. The Balaban J connectivity index is 1.83. The van der Waals surface area contributed by atoms with E-state index < -0.39 is 5.76 Å². The molecule has 0 radical (unpaired) electrons. The first-order valence-corrected chi connectivity index (χ1v) is 9.71. The van der Waals surface area contributed by atoms with Gasteiger partial charge in [-0.05, 0) is 41.7 Å². The fraction of sp³-hybridized carbons (Fsp3) is 0.429. The molecule has 0 atom stereocenters. The maximum atomic E-state index is 12.3. The lowest BCUT2D eigenvalue weighted by atomic mass is 10.0. The molecule has 0 aliphatic heterocycles. The van der Waals surface area contributed by atoms with E-state index in [1.807, 2.05) is 12.1 Å². The van der Waals surface area contributed by atoms with Gasteiger partial charge in [-0.15, -0.1) is 0 Å². The van der Waals surface area contributed by atoms with E-state index in [1.54, 1.807) is 12.1 Å². The molecule has 0 bridgehead atoms. The first kappa shape index (κ1) is 19.0. The van der Waals surface area contributed by atoms with Crippen LogP contribution in [0.3, 0.4) is 0 Å². The number of halogens is 2. The summed E-state index contributed by atoms with van der Waals surface area (Å²) in [7, 11) is 0. The SMILES string of the molecule is CCCCCCCCc1ccc(-c2ccc(SC(F)F)cc2)cc1. The normalized spacial score (nSPS) is 11.2. The van der Waals surface area contributed by atoms with Crippen molar-refractivity contribution in [3.05, 3.63) is 54.1 Å². The van der Waals surface area contributed by atoms with Gasteiger partial charge in [0, 0.05) is 4.90 Å². The number of hydrogen-bond acceptors (Lipinski definition) is 1. The Bertz CT molecular complexity index is 576. The maximum absolute atomic E-state index is 12.3. The highest BCUT2D eigenvalue weighted by Gasteiger charge is 2.05. The standard InChI is InChI=1S/C21H26F2S/c1-2-3-4-5-6-7-8-17-9-11-18(12-10-17)19-13-15-20(16-14-19)24-21(22)23/h9-16,21H,2-8H2,1H3. The summed E-state index contributed by atoms with van der Waals surface area (Å²) in [4.78, 5) is 0.605. The molecule has 0 fully saturated rings. The van der Waals surface area contributed by atoms with E-state index in [0.717, 1.165) is 17.5 Å². The van der Waals surface area contributed by atoms with Gasteiger partial charge in [0.05, 0.1) is 0 Å². The second-order valence-corrected chi connectivity index (χ2v) is 7.18. The lowest BCUT2D eigenvalue weighted by Crippen LogP contribution is -1.87. The molecule has 0 aliphatic rings. The van der Waals surface area contributed by atoms with Crippen LogP contribution in [0.5, 0.6) is 0 Å². The molecule has 0 amide bonds. The van der Waals surface area contributed by atoms with E-state index in [-0.39, 0.29) is 0 Å². The Labute approximate surface area is 148 Å². The molecule has 0 saturated carbocycles. The molecule has 0 aliphatic carbocycles. The molecule has 2 aromatic rings. The van der Waals surface area contributed by atoms with Crippen LogP contribution in [-0.2, 0) is 6.42 Å². The van der Waals surface area contributed by atoms with Crippen molar-refractivity contribution < 1.29 is 8.78 Å². The summed E-state index contributed by atoms with van der Waals surface area (Å²) in [5, 5.41) is 0. The quantitative estimate of drug-likeness (QED) is 0.315. The lowest BCUT2D eigenvalue weighted by Gasteiger charge is -2.06. The van der Waals surface area contributed by atoms with Gasteiger partial charge in [-0.1, -0.05) is 87.2 Å². The van der Waals surface area contributed by atoms with Crippen molar-refractivity contribution >= 4 is 11.8 Å². The lowest BCUT2D eigenvalue weighted by molar-refractivity contribution is 0.252. The van der Waals surface area contributed by atoms with Crippen molar-refractivity contribution in [1.82, 2.24) is 0 Å². The van der Waals surface area contributed by atoms with Crippen molar-refractivity contribution in [3.63, 3.8) is 0 Å². The number of aryl methyl sites for hydroxylation is 1. The van der Waals surface area contributed by atoms with Crippen LogP contribution < -0.4 is 0 Å². The minimum atomic E-state index is -2.36. The van der Waals surface area contributed by atoms with Crippen molar-refractivity contribution in [2.24, 2.45) is 0 Å². The second kappa shape index (κ2) is 10.5. The first-order valence-electron chi connectivity index (χ1n) is 8.83. The smallest absolute Gasteiger partial charge is 0.198 e. The summed E-state index contributed by atoms with van der Waals surface area (Å²) in [6.07, 6.45) is 9.04. The zero-order chi connectivity index (χ0) is 17.2. The highest BCUT2D eigenvalue weighted by molar-refractivity contribution is 7.99. The highest BCUT2D eigenvalue weighted by atomic mass is 32.2. The number of alkyl halides is 2. The van der Waals surface area contributed by atoms with Crippen molar-refractivity contribution in [2.45, 2.75) is 62.5 Å². The summed E-state index contributed by atoms with van der Waals surface area (Å²) in [6.45, 7) is 2.24. The van der Waals surface area contributed by atoms with E-state index in [2.05, 4.69) is 31.2 Å². The largest absolute Gasteiger partial charge is 0.288 e. The third kappa shape index (κ3) is 6.64. The second-order valence-electron chi connectivity index (χ2n) is 6.12. The minimum absolute atomic E-state index is 0.587. The average molecular weight is 349 g/mol. The van der Waals surface area contributed by atoms with E-state index in [0.29, 0.717) is 16.7 Å². The average Bonchev–Trinajstić information content (AvgIpc) is 2.59. The van der Waals surface area contributed by atoms with Crippen LogP contribution in [0.1, 0.15) is 51.0 Å². The zero-order valence-corrected chi connectivity index (χ0v) is 15.1. The third-order valence-electron chi connectivity index (χ3n) is 4.19. The Morgan fingerprint density at radius 2 is 1.29 bits per heavy atom. The molecule has 3 heteroatoms. The summed E-state index contributed by atoms with van der Waals surface area (Å²) in [6, 6.07) is 16.0. The van der Waals surface area contributed by atoms with Gasteiger partial charge in [0.15, 0.2) is 0 Å². The van der Waals surface area contributed by atoms with Crippen LogP contribution in [0.25, 0.3) is 11.1 Å². The maximum Gasteiger partial charge on any atom is 0.288 e. The summed E-state index contributed by atoms with van der Waals surface area (Å²) in [5.41, 5.74) is 3.58. The molecule has 0 nitrogen and oxygen atoms in total. The number of rotatable bonds is 10. The summed E-state index contributed by atoms with van der Waals surface area (Å²) in [5.74, 6) is -2.36. The summed E-state index contributed by atoms with van der Waals surface area (Å²) >= 11 is 0.587. The molecular formula is C21H26F2S. The molecule has 130 valence electrons. The molecule has 0 aromatic heterocycles. The van der Waals surface area contributed by atoms with Crippen molar-refractivity contribution in [2.75, 3.05) is 0 Å². The van der Waals surface area contributed by atoms with Gasteiger partial charge < -0.3 is 0 Å². The van der Waals surface area contributed by atoms with Crippen LogP contribution in [0.4, 0.5) is 8.78 Å². The van der Waals surface area contributed by atoms with E-state index in [9.17, 15) is 8.78 Å². The Kier molecular flexibility index (Phi) is 8.31. The predicted molar refractivity (Wildman–Crippen MR) is 101 cm³/mol. The number of hydrogen-bond donors (Lipinski definition) is 0. The van der Waals surface area contributed by atoms with Crippen LogP contribution in [-0.4, -0.2) is 5.76 Å². The Hall–Kier alpha value is -1.35. The topological polar surface area (TPSA) is 0 Å². The van der Waals surface area contributed by atoms with Gasteiger partial charge in [0.2, 0.25) is 0 Å². The monoisotopic (exact) mass is 348 g/mol. The molecular weight excluding hydrogens is 322 g/mol. The van der Waals surface area contributed by atoms with Crippen LogP contribution in [0, 0.1) is 0 Å². The minimum Gasteiger partial charge on any atom is -0.198 e. The van der Waals surface area contributed by atoms with Crippen LogP contribution >= 0.6 is 11.8 Å². The molecule has 24 heavy (non-hydrogen) atoms. The zero-order valence-electron chi connectivity index (χ0n) is 14.3. The molecule has 0 heterocycles. The Morgan fingerprint density at radius 1 is 0.750 bits per heavy atom. The predicted octanol–water partition coefficient (Wildman–Crippen LogP) is 7.57. The van der Waals surface area contributed by atoms with Crippen LogP contribution in [0.15, 0.2) is 53.4 Å². The first-order chi connectivity index (χ1) is 11.7. The fourth-order valence-electron chi connectivity index (χ4n) is 2.80. The van der Waals surface area contributed by atoms with Gasteiger partial charge in [0.1, 0.15) is 0 Å². The van der Waals surface area contributed by atoms with Gasteiger partial charge in [-0.3, -0.25) is 0 Å². The molecule has 0 saturated heterocycles. The van der Waals surface area contributed by atoms with Gasteiger partial charge in [0.25, 0.3) is 5.76 Å².